The molecule has 6 heteroatoms. The third-order valence-corrected chi connectivity index (χ3v) is 1.92. The quantitative estimate of drug-likeness (QED) is 0.553. The molecule has 0 spiro atoms. The molecule has 0 heterocycles. The first-order chi connectivity index (χ1) is 8.11. The van der Waals surface area contributed by atoms with Gasteiger partial charge in [0.25, 0.3) is 0 Å². The van der Waals surface area contributed by atoms with Crippen molar-refractivity contribution in [1.82, 2.24) is 0 Å². The molecule has 0 bridgehead atoms. The average Bonchev–Trinajstić information content (AvgIpc) is 2.28. The van der Waals surface area contributed by atoms with Gasteiger partial charge in [-0.25, -0.2) is 0 Å². The molecule has 0 saturated carbocycles. The second kappa shape index (κ2) is 7.16. The Balaban J connectivity index is 2.44. The van der Waals surface area contributed by atoms with Crippen molar-refractivity contribution in [2.24, 2.45) is 0 Å². The lowest BCUT2D eigenvalue weighted by Gasteiger charge is -2.15. The average molecular weight is 240 g/mol. The molecule has 1 rings (SSSR count). The molecule has 0 saturated heterocycles. The molecule has 0 aromatic heterocycles. The zero-order valence-corrected chi connectivity index (χ0v) is 10.00. The van der Waals surface area contributed by atoms with E-state index in [4.69, 9.17) is 19.5 Å². The zero-order valence-electron chi connectivity index (χ0n) is 10.00. The molecule has 1 aromatic carbocycles. The van der Waals surface area contributed by atoms with Gasteiger partial charge in [0.1, 0.15) is 11.5 Å². The molecular formula is C11H17BO5. The minimum absolute atomic E-state index is 0.315. The van der Waals surface area contributed by atoms with Crippen LogP contribution < -0.4 is 9.39 Å². The molecule has 0 amide bonds. The van der Waals surface area contributed by atoms with Crippen molar-refractivity contribution >= 4 is 7.32 Å². The number of hydrogen-bond acceptors (Lipinski definition) is 5. The first-order valence-corrected chi connectivity index (χ1v) is 5.53. The monoisotopic (exact) mass is 240 g/mol. The minimum Gasteiger partial charge on any atom is -0.512 e. The van der Waals surface area contributed by atoms with Crippen LogP contribution in [0.3, 0.4) is 0 Å². The predicted molar refractivity (Wildman–Crippen MR) is 63.6 cm³/mol. The van der Waals surface area contributed by atoms with Gasteiger partial charge in [-0.2, -0.15) is 0 Å². The van der Waals surface area contributed by atoms with Crippen LogP contribution in [-0.2, 0) is 4.74 Å². The van der Waals surface area contributed by atoms with Crippen molar-refractivity contribution in [1.29, 1.82) is 0 Å². The summed E-state index contributed by atoms with van der Waals surface area (Å²) in [6.07, 6.45) is 0.625. The topological polar surface area (TPSA) is 68.2 Å². The van der Waals surface area contributed by atoms with E-state index in [9.17, 15) is 0 Å². The highest BCUT2D eigenvalue weighted by Crippen LogP contribution is 2.18. The van der Waals surface area contributed by atoms with Crippen molar-refractivity contribution in [2.75, 3.05) is 6.61 Å². The molecule has 1 aromatic rings. The third kappa shape index (κ3) is 5.58. The normalized spacial score (nSPS) is 12.0. The van der Waals surface area contributed by atoms with Crippen LogP contribution in [-0.4, -0.2) is 30.3 Å². The van der Waals surface area contributed by atoms with E-state index < -0.39 is 7.32 Å². The summed E-state index contributed by atoms with van der Waals surface area (Å²) < 4.78 is 15.5. The Hall–Kier alpha value is -1.24. The number of rotatable bonds is 7. The Morgan fingerprint density at radius 2 is 1.76 bits per heavy atom. The third-order valence-electron chi connectivity index (χ3n) is 1.92. The highest BCUT2D eigenvalue weighted by molar-refractivity contribution is 6.33. The van der Waals surface area contributed by atoms with E-state index in [0.29, 0.717) is 18.1 Å². The van der Waals surface area contributed by atoms with E-state index in [-0.39, 0.29) is 6.29 Å². The van der Waals surface area contributed by atoms with Gasteiger partial charge in [0.15, 0.2) is 6.29 Å². The second-order valence-corrected chi connectivity index (χ2v) is 3.47. The SMILES string of the molecule is CCCOC(C)Oc1ccc(OB(O)O)cc1. The van der Waals surface area contributed by atoms with E-state index in [1.54, 1.807) is 24.3 Å². The van der Waals surface area contributed by atoms with E-state index in [1.165, 1.54) is 0 Å². The Labute approximate surface area is 101 Å². The molecule has 2 N–H and O–H groups in total. The second-order valence-electron chi connectivity index (χ2n) is 3.47. The number of benzene rings is 1. The van der Waals surface area contributed by atoms with Gasteiger partial charge in [0.2, 0.25) is 0 Å². The summed E-state index contributed by atoms with van der Waals surface area (Å²) >= 11 is 0. The van der Waals surface area contributed by atoms with Crippen LogP contribution in [0.5, 0.6) is 11.5 Å². The summed E-state index contributed by atoms with van der Waals surface area (Å²) in [4.78, 5) is 0. The van der Waals surface area contributed by atoms with Gasteiger partial charge < -0.3 is 24.2 Å². The molecule has 94 valence electrons. The first kappa shape index (κ1) is 13.8. The Morgan fingerprint density at radius 3 is 2.29 bits per heavy atom. The van der Waals surface area contributed by atoms with Gasteiger partial charge in [-0.1, -0.05) is 6.92 Å². The molecule has 0 aliphatic heterocycles. The van der Waals surface area contributed by atoms with Gasteiger partial charge in [0, 0.05) is 0 Å². The Kier molecular flexibility index (Phi) is 5.83. The molecule has 0 fully saturated rings. The van der Waals surface area contributed by atoms with Crippen molar-refractivity contribution in [3.05, 3.63) is 24.3 Å². The van der Waals surface area contributed by atoms with Crippen LogP contribution in [0.25, 0.3) is 0 Å². The maximum absolute atomic E-state index is 8.60. The van der Waals surface area contributed by atoms with E-state index >= 15 is 0 Å². The van der Waals surface area contributed by atoms with Gasteiger partial charge in [0.05, 0.1) is 6.61 Å². The van der Waals surface area contributed by atoms with Crippen LogP contribution in [0.4, 0.5) is 0 Å². The van der Waals surface area contributed by atoms with Crippen LogP contribution in [0, 0.1) is 0 Å². The molecule has 0 aliphatic carbocycles. The number of ether oxygens (including phenoxy) is 2. The fraction of sp³-hybridized carbons (Fsp3) is 0.455. The summed E-state index contributed by atoms with van der Waals surface area (Å²) in [7, 11) is -1.81. The molecule has 1 atom stereocenters. The Bertz CT molecular complexity index is 314. The molecular weight excluding hydrogens is 223 g/mol. The first-order valence-electron chi connectivity index (χ1n) is 5.53. The lowest BCUT2D eigenvalue weighted by Crippen LogP contribution is -2.20. The van der Waals surface area contributed by atoms with Crippen LogP contribution >= 0.6 is 0 Å². The standard InChI is InChI=1S/C11H17BO5/c1-3-8-15-9(2)16-10-4-6-11(7-5-10)17-12(13)14/h4-7,9,13-14H,3,8H2,1-2H3. The van der Waals surface area contributed by atoms with Crippen molar-refractivity contribution < 1.29 is 24.2 Å². The smallest absolute Gasteiger partial charge is 0.512 e. The summed E-state index contributed by atoms with van der Waals surface area (Å²) in [5.41, 5.74) is 0. The molecule has 0 aliphatic rings. The lowest BCUT2D eigenvalue weighted by atomic mass is 10.2. The Morgan fingerprint density at radius 1 is 1.18 bits per heavy atom. The van der Waals surface area contributed by atoms with Crippen molar-refractivity contribution in [2.45, 2.75) is 26.6 Å². The summed E-state index contributed by atoms with van der Waals surface area (Å²) in [6.45, 7) is 4.50. The summed E-state index contributed by atoms with van der Waals surface area (Å²) in [5.74, 6) is 0.989. The zero-order chi connectivity index (χ0) is 12.7. The van der Waals surface area contributed by atoms with Gasteiger partial charge in [-0.3, -0.25) is 0 Å². The van der Waals surface area contributed by atoms with Gasteiger partial charge >= 0.3 is 7.32 Å². The highest BCUT2D eigenvalue weighted by Gasteiger charge is 2.11. The van der Waals surface area contributed by atoms with Crippen molar-refractivity contribution in [3.63, 3.8) is 0 Å². The van der Waals surface area contributed by atoms with Gasteiger partial charge in [-0.15, -0.1) is 0 Å². The predicted octanol–water partition coefficient (Wildman–Crippen LogP) is 1.19. The van der Waals surface area contributed by atoms with Crippen LogP contribution in [0.1, 0.15) is 20.3 Å². The van der Waals surface area contributed by atoms with E-state index in [2.05, 4.69) is 4.65 Å². The minimum atomic E-state index is -1.81. The summed E-state index contributed by atoms with van der Waals surface area (Å²) in [5, 5.41) is 17.2. The van der Waals surface area contributed by atoms with Crippen molar-refractivity contribution in [3.8, 4) is 11.5 Å². The fourth-order valence-corrected chi connectivity index (χ4v) is 1.23. The lowest BCUT2D eigenvalue weighted by molar-refractivity contribution is -0.0663. The van der Waals surface area contributed by atoms with Crippen LogP contribution in [0.15, 0.2) is 24.3 Å². The van der Waals surface area contributed by atoms with E-state index in [1.807, 2.05) is 13.8 Å². The molecule has 17 heavy (non-hydrogen) atoms. The maximum atomic E-state index is 8.60. The fourth-order valence-electron chi connectivity index (χ4n) is 1.23. The largest absolute Gasteiger partial charge is 0.707 e. The van der Waals surface area contributed by atoms with Gasteiger partial charge in [-0.05, 0) is 37.6 Å². The summed E-state index contributed by atoms with van der Waals surface area (Å²) in [6, 6.07) is 6.51. The maximum Gasteiger partial charge on any atom is 0.707 e. The number of hydrogen-bond donors (Lipinski definition) is 2. The van der Waals surface area contributed by atoms with Crippen LogP contribution in [0.2, 0.25) is 0 Å². The highest BCUT2D eigenvalue weighted by atomic mass is 16.7. The molecule has 0 radical (unpaired) electrons. The van der Waals surface area contributed by atoms with E-state index in [0.717, 1.165) is 6.42 Å². The molecule has 5 nitrogen and oxygen atoms in total. The molecule has 1 unspecified atom stereocenters.